The fourth-order valence-electron chi connectivity index (χ4n) is 1.53. The van der Waals surface area contributed by atoms with E-state index in [2.05, 4.69) is 0 Å². The van der Waals surface area contributed by atoms with Crippen LogP contribution in [0.1, 0.15) is 5.56 Å². The fourth-order valence-corrected chi connectivity index (χ4v) is 1.66. The van der Waals surface area contributed by atoms with Crippen molar-refractivity contribution in [2.75, 3.05) is 0 Å². The van der Waals surface area contributed by atoms with Gasteiger partial charge >= 0.3 is 7.12 Å². The highest BCUT2D eigenvalue weighted by Gasteiger charge is 2.14. The van der Waals surface area contributed by atoms with E-state index in [4.69, 9.17) is 26.4 Å². The zero-order chi connectivity index (χ0) is 13.8. The second-order valence-electron chi connectivity index (χ2n) is 3.98. The average Bonchev–Trinajstić information content (AvgIpc) is 2.39. The standard InChI is InChI=1S/C13H11BClFO3/c15-11-4-1-9(2-5-11)8-19-13-7-10(14(17)18)3-6-12(13)16/h1-7,17-18H,8H2. The molecular weight excluding hydrogens is 269 g/mol. The van der Waals surface area contributed by atoms with E-state index < -0.39 is 12.9 Å². The van der Waals surface area contributed by atoms with E-state index in [1.807, 2.05) is 0 Å². The molecular formula is C13H11BClFO3. The maximum absolute atomic E-state index is 13.5. The van der Waals surface area contributed by atoms with Crippen molar-refractivity contribution in [2.24, 2.45) is 0 Å². The largest absolute Gasteiger partial charge is 0.488 e. The van der Waals surface area contributed by atoms with Crippen LogP contribution in [0, 0.1) is 5.82 Å². The predicted octanol–water partition coefficient (Wildman–Crippen LogP) is 1.74. The van der Waals surface area contributed by atoms with E-state index in [9.17, 15) is 4.39 Å². The Balaban J connectivity index is 2.10. The molecule has 0 aliphatic carbocycles. The lowest BCUT2D eigenvalue weighted by Gasteiger charge is -2.09. The van der Waals surface area contributed by atoms with Crippen LogP contribution in [0.2, 0.25) is 5.02 Å². The Morgan fingerprint density at radius 2 is 1.79 bits per heavy atom. The van der Waals surface area contributed by atoms with E-state index in [1.165, 1.54) is 12.1 Å². The molecule has 0 spiro atoms. The molecule has 0 atom stereocenters. The smallest absolute Gasteiger partial charge is 0.486 e. The van der Waals surface area contributed by atoms with Crippen molar-refractivity contribution in [1.82, 2.24) is 0 Å². The van der Waals surface area contributed by atoms with Crippen LogP contribution >= 0.6 is 11.6 Å². The Morgan fingerprint density at radius 3 is 2.42 bits per heavy atom. The van der Waals surface area contributed by atoms with Crippen molar-refractivity contribution in [3.8, 4) is 5.75 Å². The summed E-state index contributed by atoms with van der Waals surface area (Å²) in [4.78, 5) is 0. The summed E-state index contributed by atoms with van der Waals surface area (Å²) in [7, 11) is -1.65. The van der Waals surface area contributed by atoms with Gasteiger partial charge in [0, 0.05) is 5.02 Å². The molecule has 2 aromatic carbocycles. The van der Waals surface area contributed by atoms with Gasteiger partial charge in [-0.05, 0) is 35.3 Å². The van der Waals surface area contributed by atoms with Crippen molar-refractivity contribution in [1.29, 1.82) is 0 Å². The lowest BCUT2D eigenvalue weighted by Crippen LogP contribution is -2.29. The minimum atomic E-state index is -1.65. The van der Waals surface area contributed by atoms with Crippen LogP contribution in [0.5, 0.6) is 5.75 Å². The van der Waals surface area contributed by atoms with Crippen molar-refractivity contribution >= 4 is 24.2 Å². The van der Waals surface area contributed by atoms with Crippen molar-refractivity contribution < 1.29 is 19.2 Å². The number of hydrogen-bond donors (Lipinski definition) is 2. The number of benzene rings is 2. The molecule has 2 N–H and O–H groups in total. The van der Waals surface area contributed by atoms with Gasteiger partial charge in [-0.3, -0.25) is 0 Å². The summed E-state index contributed by atoms with van der Waals surface area (Å²) >= 11 is 5.75. The van der Waals surface area contributed by atoms with Gasteiger partial charge in [0.1, 0.15) is 6.61 Å². The van der Waals surface area contributed by atoms with Gasteiger partial charge in [0.05, 0.1) is 0 Å². The van der Waals surface area contributed by atoms with Gasteiger partial charge in [-0.15, -0.1) is 0 Å². The Labute approximate surface area is 115 Å². The molecule has 0 unspecified atom stereocenters. The summed E-state index contributed by atoms with van der Waals surface area (Å²) < 4.78 is 18.8. The summed E-state index contributed by atoms with van der Waals surface area (Å²) in [6.45, 7) is 0.166. The van der Waals surface area contributed by atoms with Crippen LogP contribution < -0.4 is 10.2 Å². The van der Waals surface area contributed by atoms with Crippen LogP contribution in [0.15, 0.2) is 42.5 Å². The zero-order valence-electron chi connectivity index (χ0n) is 9.88. The van der Waals surface area contributed by atoms with Gasteiger partial charge in [0.15, 0.2) is 11.6 Å². The second-order valence-corrected chi connectivity index (χ2v) is 4.42. The lowest BCUT2D eigenvalue weighted by molar-refractivity contribution is 0.290. The first-order valence-electron chi connectivity index (χ1n) is 5.59. The number of halogens is 2. The van der Waals surface area contributed by atoms with Crippen LogP contribution in [0.4, 0.5) is 4.39 Å². The summed E-state index contributed by atoms with van der Waals surface area (Å²) in [5.74, 6) is -0.584. The van der Waals surface area contributed by atoms with Crippen LogP contribution in [0.25, 0.3) is 0 Å². The summed E-state index contributed by atoms with van der Waals surface area (Å²) in [6, 6.07) is 10.6. The number of ether oxygens (including phenoxy) is 1. The molecule has 0 aromatic heterocycles. The minimum Gasteiger partial charge on any atom is -0.486 e. The number of hydrogen-bond acceptors (Lipinski definition) is 3. The normalized spacial score (nSPS) is 10.3. The molecule has 0 saturated carbocycles. The van der Waals surface area contributed by atoms with Gasteiger partial charge in [0.25, 0.3) is 0 Å². The summed E-state index contributed by atoms with van der Waals surface area (Å²) in [6.07, 6.45) is 0. The molecule has 2 rings (SSSR count). The lowest BCUT2D eigenvalue weighted by atomic mass is 9.80. The van der Waals surface area contributed by atoms with Crippen LogP contribution in [-0.2, 0) is 6.61 Å². The molecule has 0 bridgehead atoms. The van der Waals surface area contributed by atoms with E-state index in [0.29, 0.717) is 5.02 Å². The molecule has 0 radical (unpaired) electrons. The second kappa shape index (κ2) is 6.06. The monoisotopic (exact) mass is 280 g/mol. The third kappa shape index (κ3) is 3.70. The molecule has 6 heteroatoms. The first-order chi connectivity index (χ1) is 9.06. The van der Waals surface area contributed by atoms with Crippen molar-refractivity contribution in [3.63, 3.8) is 0 Å². The van der Waals surface area contributed by atoms with Gasteiger partial charge in [-0.25, -0.2) is 4.39 Å². The molecule has 0 aliphatic heterocycles. The molecule has 0 heterocycles. The molecule has 19 heavy (non-hydrogen) atoms. The molecule has 98 valence electrons. The third-order valence-corrected chi connectivity index (χ3v) is 2.81. The van der Waals surface area contributed by atoms with E-state index in [0.717, 1.165) is 11.6 Å². The first-order valence-corrected chi connectivity index (χ1v) is 5.97. The molecule has 0 fully saturated rings. The average molecular weight is 280 g/mol. The Kier molecular flexibility index (Phi) is 4.42. The van der Waals surface area contributed by atoms with E-state index in [1.54, 1.807) is 24.3 Å². The maximum atomic E-state index is 13.5. The fraction of sp³-hybridized carbons (Fsp3) is 0.0769. The molecule has 2 aromatic rings. The van der Waals surface area contributed by atoms with Gasteiger partial charge < -0.3 is 14.8 Å². The van der Waals surface area contributed by atoms with Crippen LogP contribution in [0.3, 0.4) is 0 Å². The van der Waals surface area contributed by atoms with Crippen LogP contribution in [-0.4, -0.2) is 17.2 Å². The Hall–Kier alpha value is -1.56. The summed E-state index contributed by atoms with van der Waals surface area (Å²) in [5, 5.41) is 18.6. The highest BCUT2D eigenvalue weighted by atomic mass is 35.5. The topological polar surface area (TPSA) is 49.7 Å². The van der Waals surface area contributed by atoms with Crippen molar-refractivity contribution in [3.05, 3.63) is 58.9 Å². The number of rotatable bonds is 4. The Bertz CT molecular complexity index is 560. The minimum absolute atomic E-state index is 0.0273. The Morgan fingerprint density at radius 1 is 1.11 bits per heavy atom. The molecule has 0 amide bonds. The van der Waals surface area contributed by atoms with Crippen molar-refractivity contribution in [2.45, 2.75) is 6.61 Å². The molecule has 0 aliphatic rings. The molecule has 0 saturated heterocycles. The predicted molar refractivity (Wildman–Crippen MR) is 72.0 cm³/mol. The maximum Gasteiger partial charge on any atom is 0.488 e. The van der Waals surface area contributed by atoms with Gasteiger partial charge in [-0.2, -0.15) is 0 Å². The van der Waals surface area contributed by atoms with E-state index in [-0.39, 0.29) is 17.8 Å². The molecule has 3 nitrogen and oxygen atoms in total. The highest BCUT2D eigenvalue weighted by molar-refractivity contribution is 6.58. The van der Waals surface area contributed by atoms with E-state index >= 15 is 0 Å². The third-order valence-electron chi connectivity index (χ3n) is 2.56. The zero-order valence-corrected chi connectivity index (χ0v) is 10.6. The van der Waals surface area contributed by atoms with Gasteiger partial charge in [-0.1, -0.05) is 29.8 Å². The highest BCUT2D eigenvalue weighted by Crippen LogP contribution is 2.17. The quantitative estimate of drug-likeness (QED) is 0.839. The summed E-state index contributed by atoms with van der Waals surface area (Å²) in [5.41, 5.74) is 1.01. The SMILES string of the molecule is OB(O)c1ccc(F)c(OCc2ccc(Cl)cc2)c1. The van der Waals surface area contributed by atoms with Gasteiger partial charge in [0.2, 0.25) is 0 Å². The first kappa shape index (κ1) is 13.9.